The Morgan fingerprint density at radius 3 is 2.82 bits per heavy atom. The van der Waals surface area contributed by atoms with Crippen LogP contribution in [0.25, 0.3) is 0 Å². The first-order valence-corrected chi connectivity index (χ1v) is 6.67. The summed E-state index contributed by atoms with van der Waals surface area (Å²) >= 11 is 13.5. The largest absolute Gasteiger partial charge is 0.270 e. The van der Waals surface area contributed by atoms with E-state index in [4.69, 9.17) is 29.0 Å². The summed E-state index contributed by atoms with van der Waals surface area (Å²) in [5.74, 6) is 5.61. The molecule has 2 aromatic heterocycles. The minimum absolute atomic E-state index is 0.192. The van der Waals surface area contributed by atoms with Gasteiger partial charge in [-0.1, -0.05) is 23.2 Å². The molecule has 2 heterocycles. The van der Waals surface area contributed by atoms with E-state index in [1.54, 1.807) is 6.20 Å². The van der Waals surface area contributed by atoms with Gasteiger partial charge in [0.05, 0.1) is 27.3 Å². The fourth-order valence-electron chi connectivity index (χ4n) is 1.69. The van der Waals surface area contributed by atoms with Crippen LogP contribution in [0.3, 0.4) is 0 Å². The molecule has 2 aromatic rings. The number of hydrogen-bond acceptors (Lipinski definition) is 4. The number of thiophene rings is 1. The SMILES string of the molecule is CCn1ncc(Cl)c1C(NN)c1ccc(Cl)s1. The Balaban J connectivity index is 2.44. The number of aryl methyl sites for hydroxylation is 1. The smallest absolute Gasteiger partial charge is 0.0985 e. The molecule has 0 aliphatic carbocycles. The van der Waals surface area contributed by atoms with E-state index in [1.165, 1.54) is 11.3 Å². The van der Waals surface area contributed by atoms with Crippen molar-refractivity contribution in [3.8, 4) is 0 Å². The first kappa shape index (κ1) is 12.9. The number of nitrogens with one attached hydrogen (secondary N) is 1. The van der Waals surface area contributed by atoms with Crippen LogP contribution in [0.2, 0.25) is 9.36 Å². The number of nitrogens with two attached hydrogens (primary N) is 1. The van der Waals surface area contributed by atoms with Gasteiger partial charge in [0, 0.05) is 11.4 Å². The zero-order valence-corrected chi connectivity index (χ0v) is 11.5. The summed E-state index contributed by atoms with van der Waals surface area (Å²) in [5.41, 5.74) is 3.61. The summed E-state index contributed by atoms with van der Waals surface area (Å²) in [4.78, 5) is 1.01. The molecule has 0 bridgehead atoms. The van der Waals surface area contributed by atoms with Crippen LogP contribution in [0, 0.1) is 0 Å². The van der Waals surface area contributed by atoms with Crippen LogP contribution in [0.15, 0.2) is 18.3 Å². The zero-order valence-electron chi connectivity index (χ0n) is 9.15. The molecule has 0 saturated carbocycles. The minimum atomic E-state index is -0.192. The maximum atomic E-state index is 6.15. The van der Waals surface area contributed by atoms with Crippen molar-refractivity contribution < 1.29 is 0 Å². The summed E-state index contributed by atoms with van der Waals surface area (Å²) in [7, 11) is 0. The van der Waals surface area contributed by atoms with Crippen molar-refractivity contribution in [3.63, 3.8) is 0 Å². The molecule has 7 heteroatoms. The van der Waals surface area contributed by atoms with E-state index < -0.39 is 0 Å². The third-order valence-corrected chi connectivity index (χ3v) is 4.04. The lowest BCUT2D eigenvalue weighted by Crippen LogP contribution is -2.30. The molecule has 0 aliphatic heterocycles. The molecule has 92 valence electrons. The molecular formula is C10H12Cl2N4S. The standard InChI is InChI=1S/C10H12Cl2N4S/c1-2-16-10(6(11)5-14-16)9(15-13)7-3-4-8(12)17-7/h3-5,9,15H,2,13H2,1H3. The average Bonchev–Trinajstić information content (AvgIpc) is 2.89. The van der Waals surface area contributed by atoms with Gasteiger partial charge in [-0.2, -0.15) is 5.10 Å². The van der Waals surface area contributed by atoms with E-state index >= 15 is 0 Å². The lowest BCUT2D eigenvalue weighted by atomic mass is 10.2. The van der Waals surface area contributed by atoms with E-state index in [9.17, 15) is 0 Å². The first-order valence-electron chi connectivity index (χ1n) is 5.10. The van der Waals surface area contributed by atoms with Gasteiger partial charge in [-0.15, -0.1) is 11.3 Å². The molecule has 0 aliphatic rings. The molecule has 1 atom stereocenters. The van der Waals surface area contributed by atoms with Gasteiger partial charge in [-0.05, 0) is 19.1 Å². The first-order chi connectivity index (χ1) is 8.17. The summed E-state index contributed by atoms with van der Waals surface area (Å²) < 4.78 is 2.54. The summed E-state index contributed by atoms with van der Waals surface area (Å²) in [6.07, 6.45) is 1.62. The van der Waals surface area contributed by atoms with Gasteiger partial charge in [0.2, 0.25) is 0 Å². The molecule has 0 fully saturated rings. The number of hydrazine groups is 1. The molecular weight excluding hydrogens is 279 g/mol. The predicted molar refractivity (Wildman–Crippen MR) is 71.4 cm³/mol. The third-order valence-electron chi connectivity index (χ3n) is 2.45. The summed E-state index contributed by atoms with van der Waals surface area (Å²) in [6.45, 7) is 2.74. The highest BCUT2D eigenvalue weighted by Crippen LogP contribution is 2.33. The Bertz CT molecular complexity index is 508. The number of rotatable bonds is 4. The number of hydrogen-bond donors (Lipinski definition) is 2. The molecule has 4 nitrogen and oxygen atoms in total. The Morgan fingerprint density at radius 2 is 2.29 bits per heavy atom. The molecule has 1 unspecified atom stereocenters. The monoisotopic (exact) mass is 290 g/mol. The van der Waals surface area contributed by atoms with Gasteiger partial charge in [0.15, 0.2) is 0 Å². The van der Waals surface area contributed by atoms with Crippen molar-refractivity contribution in [2.75, 3.05) is 0 Å². The number of nitrogens with zero attached hydrogens (tertiary/aromatic N) is 2. The topological polar surface area (TPSA) is 55.9 Å². The predicted octanol–water partition coefficient (Wildman–Crippen LogP) is 2.82. The molecule has 0 spiro atoms. The maximum Gasteiger partial charge on any atom is 0.0985 e. The fraction of sp³-hybridized carbons (Fsp3) is 0.300. The van der Waals surface area contributed by atoms with Crippen molar-refractivity contribution in [1.29, 1.82) is 0 Å². The van der Waals surface area contributed by atoms with Gasteiger partial charge in [-0.3, -0.25) is 10.5 Å². The molecule has 0 radical (unpaired) electrons. The van der Waals surface area contributed by atoms with Gasteiger partial charge >= 0.3 is 0 Å². The molecule has 2 rings (SSSR count). The Hall–Kier alpha value is -0.590. The highest BCUT2D eigenvalue weighted by molar-refractivity contribution is 7.16. The van der Waals surface area contributed by atoms with Crippen LogP contribution in [-0.4, -0.2) is 9.78 Å². The molecule has 0 saturated heterocycles. The molecule has 0 amide bonds. The van der Waals surface area contributed by atoms with Gasteiger partial charge in [0.1, 0.15) is 0 Å². The van der Waals surface area contributed by atoms with Crippen LogP contribution < -0.4 is 11.3 Å². The zero-order chi connectivity index (χ0) is 12.4. The van der Waals surface area contributed by atoms with Crippen LogP contribution in [0.4, 0.5) is 0 Å². The second-order valence-corrected chi connectivity index (χ2v) is 5.59. The summed E-state index contributed by atoms with van der Waals surface area (Å²) in [5, 5.41) is 4.79. The van der Waals surface area contributed by atoms with E-state index in [0.29, 0.717) is 5.02 Å². The fourth-order valence-corrected chi connectivity index (χ4v) is 3.07. The van der Waals surface area contributed by atoms with Crippen molar-refractivity contribution >= 4 is 34.5 Å². The summed E-state index contributed by atoms with van der Waals surface area (Å²) in [6, 6.07) is 3.58. The quantitative estimate of drug-likeness (QED) is 0.672. The van der Waals surface area contributed by atoms with E-state index in [0.717, 1.165) is 21.5 Å². The highest BCUT2D eigenvalue weighted by atomic mass is 35.5. The van der Waals surface area contributed by atoms with Crippen molar-refractivity contribution in [2.45, 2.75) is 19.5 Å². The minimum Gasteiger partial charge on any atom is -0.270 e. The molecule has 17 heavy (non-hydrogen) atoms. The number of aromatic nitrogens is 2. The van der Waals surface area contributed by atoms with Crippen LogP contribution in [0.5, 0.6) is 0 Å². The van der Waals surface area contributed by atoms with Gasteiger partial charge in [0.25, 0.3) is 0 Å². The second-order valence-electron chi connectivity index (χ2n) is 3.44. The van der Waals surface area contributed by atoms with Crippen LogP contribution >= 0.6 is 34.5 Å². The van der Waals surface area contributed by atoms with Crippen molar-refractivity contribution in [1.82, 2.24) is 15.2 Å². The lowest BCUT2D eigenvalue weighted by Gasteiger charge is -2.16. The van der Waals surface area contributed by atoms with Crippen LogP contribution in [0.1, 0.15) is 23.5 Å². The van der Waals surface area contributed by atoms with Crippen molar-refractivity contribution in [2.24, 2.45) is 5.84 Å². The molecule has 3 N–H and O–H groups in total. The maximum absolute atomic E-state index is 6.15. The van der Waals surface area contributed by atoms with Crippen LogP contribution in [-0.2, 0) is 6.54 Å². The average molecular weight is 291 g/mol. The third kappa shape index (κ3) is 2.48. The highest BCUT2D eigenvalue weighted by Gasteiger charge is 2.22. The molecule has 0 aromatic carbocycles. The lowest BCUT2D eigenvalue weighted by molar-refractivity contribution is 0.548. The van der Waals surface area contributed by atoms with Gasteiger partial charge < -0.3 is 0 Å². The van der Waals surface area contributed by atoms with Gasteiger partial charge in [-0.25, -0.2) is 5.43 Å². The van der Waals surface area contributed by atoms with Crippen molar-refractivity contribution in [3.05, 3.63) is 38.3 Å². The second kappa shape index (κ2) is 5.37. The van der Waals surface area contributed by atoms with E-state index in [2.05, 4.69) is 10.5 Å². The number of halogens is 2. The Labute approximate surface area is 113 Å². The normalized spacial score (nSPS) is 12.9. The Morgan fingerprint density at radius 1 is 1.53 bits per heavy atom. The van der Waals surface area contributed by atoms with E-state index in [-0.39, 0.29) is 6.04 Å². The van der Waals surface area contributed by atoms with E-state index in [1.807, 2.05) is 23.7 Å². The Kier molecular flexibility index (Phi) is 4.06.